The molecule has 0 aromatic rings. The molecule has 0 aliphatic carbocycles. The van der Waals surface area contributed by atoms with Gasteiger partial charge in [-0.2, -0.15) is 0 Å². The van der Waals surface area contributed by atoms with Crippen molar-refractivity contribution in [2.75, 3.05) is 13.2 Å². The summed E-state index contributed by atoms with van der Waals surface area (Å²) in [7, 11) is 0. The lowest BCUT2D eigenvalue weighted by molar-refractivity contribution is -0.0656. The summed E-state index contributed by atoms with van der Waals surface area (Å²) in [6.45, 7) is 3.11. The van der Waals surface area contributed by atoms with Gasteiger partial charge in [0.25, 0.3) is 0 Å². The molecule has 19 heavy (non-hydrogen) atoms. The highest BCUT2D eigenvalue weighted by Crippen LogP contribution is 2.19. The molecule has 1 saturated heterocycles. The number of aliphatic hydroxyl groups excluding tert-OH is 1. The molecule has 1 rings (SSSR count). The zero-order chi connectivity index (χ0) is 13.8. The number of hydrogen-bond donors (Lipinski definition) is 1. The Balaban J connectivity index is 1.81. The molecule has 1 aliphatic rings. The molecule has 0 aromatic heterocycles. The minimum atomic E-state index is -0.0129. The molecule has 0 spiro atoms. The number of unbranched alkanes of at least 4 members (excludes halogenated alkanes) is 8. The van der Waals surface area contributed by atoms with Gasteiger partial charge in [0.15, 0.2) is 6.29 Å². The highest BCUT2D eigenvalue weighted by atomic mass is 16.7. The van der Waals surface area contributed by atoms with E-state index in [1.165, 1.54) is 57.8 Å². The third kappa shape index (κ3) is 8.61. The van der Waals surface area contributed by atoms with E-state index in [1.54, 1.807) is 0 Å². The van der Waals surface area contributed by atoms with E-state index in [0.717, 1.165) is 6.42 Å². The van der Waals surface area contributed by atoms with Crippen LogP contribution in [-0.2, 0) is 9.47 Å². The second kappa shape index (κ2) is 11.7. The average molecular weight is 272 g/mol. The Morgan fingerprint density at radius 2 is 1.53 bits per heavy atom. The summed E-state index contributed by atoms with van der Waals surface area (Å²) in [6.07, 6.45) is 14.0. The molecule has 3 heteroatoms. The van der Waals surface area contributed by atoms with Crippen LogP contribution in [-0.4, -0.2) is 30.7 Å². The zero-order valence-electron chi connectivity index (χ0n) is 12.6. The van der Waals surface area contributed by atoms with Crippen molar-refractivity contribution in [2.24, 2.45) is 0 Å². The van der Waals surface area contributed by atoms with E-state index in [-0.39, 0.29) is 19.0 Å². The standard InChI is InChI=1S/C16H32O3/c1-2-3-4-5-6-7-8-9-10-11-16-18-14-15(19-16)12-13-17/h15-17H,2-14H2,1H3. The van der Waals surface area contributed by atoms with Crippen LogP contribution in [0.15, 0.2) is 0 Å². The molecule has 2 unspecified atom stereocenters. The van der Waals surface area contributed by atoms with E-state index in [9.17, 15) is 0 Å². The van der Waals surface area contributed by atoms with Crippen LogP contribution in [0.3, 0.4) is 0 Å². The molecule has 0 radical (unpaired) electrons. The fourth-order valence-electron chi connectivity index (χ4n) is 2.58. The smallest absolute Gasteiger partial charge is 0.158 e. The van der Waals surface area contributed by atoms with Crippen molar-refractivity contribution in [3.05, 3.63) is 0 Å². The van der Waals surface area contributed by atoms with Gasteiger partial charge in [-0.25, -0.2) is 0 Å². The van der Waals surface area contributed by atoms with Gasteiger partial charge >= 0.3 is 0 Å². The van der Waals surface area contributed by atoms with Crippen molar-refractivity contribution >= 4 is 0 Å². The van der Waals surface area contributed by atoms with Crippen LogP contribution < -0.4 is 0 Å². The second-order valence-electron chi connectivity index (χ2n) is 5.65. The molecule has 1 N–H and O–H groups in total. The first-order chi connectivity index (χ1) is 9.36. The maximum absolute atomic E-state index is 8.83. The summed E-state index contributed by atoms with van der Waals surface area (Å²) in [5.41, 5.74) is 0. The monoisotopic (exact) mass is 272 g/mol. The van der Waals surface area contributed by atoms with E-state index >= 15 is 0 Å². The van der Waals surface area contributed by atoms with Crippen LogP contribution in [0.1, 0.15) is 77.6 Å². The number of aliphatic hydroxyl groups is 1. The van der Waals surface area contributed by atoms with Crippen molar-refractivity contribution in [3.8, 4) is 0 Å². The Morgan fingerprint density at radius 3 is 2.16 bits per heavy atom. The van der Waals surface area contributed by atoms with Gasteiger partial charge in [-0.05, 0) is 19.3 Å². The van der Waals surface area contributed by atoms with Gasteiger partial charge in [0.1, 0.15) is 0 Å². The maximum atomic E-state index is 8.83. The summed E-state index contributed by atoms with van der Waals surface area (Å²) < 4.78 is 11.2. The molecular weight excluding hydrogens is 240 g/mol. The average Bonchev–Trinajstić information content (AvgIpc) is 2.85. The van der Waals surface area contributed by atoms with Gasteiger partial charge in [0.05, 0.1) is 12.7 Å². The summed E-state index contributed by atoms with van der Waals surface area (Å²) in [5, 5.41) is 8.83. The molecule has 0 saturated carbocycles. The largest absolute Gasteiger partial charge is 0.396 e. The number of hydrogen-bond acceptors (Lipinski definition) is 3. The minimum absolute atomic E-state index is 0.0129. The van der Waals surface area contributed by atoms with Crippen LogP contribution >= 0.6 is 0 Å². The van der Waals surface area contributed by atoms with Gasteiger partial charge in [0.2, 0.25) is 0 Å². The molecule has 114 valence electrons. The van der Waals surface area contributed by atoms with E-state index in [0.29, 0.717) is 13.0 Å². The fraction of sp³-hybridized carbons (Fsp3) is 1.00. The Labute approximate surface area is 118 Å². The molecule has 2 atom stereocenters. The summed E-state index contributed by atoms with van der Waals surface area (Å²) >= 11 is 0. The topological polar surface area (TPSA) is 38.7 Å². The van der Waals surface area contributed by atoms with Gasteiger partial charge in [-0.15, -0.1) is 0 Å². The Hall–Kier alpha value is -0.120. The fourth-order valence-corrected chi connectivity index (χ4v) is 2.58. The quantitative estimate of drug-likeness (QED) is 0.545. The Bertz CT molecular complexity index is 196. The SMILES string of the molecule is CCCCCCCCCCCC1OCC(CCO)O1. The molecule has 1 heterocycles. The number of ether oxygens (including phenoxy) is 2. The van der Waals surface area contributed by atoms with Crippen molar-refractivity contribution in [2.45, 2.75) is 89.9 Å². The van der Waals surface area contributed by atoms with Gasteiger partial charge in [-0.3, -0.25) is 0 Å². The number of rotatable bonds is 12. The second-order valence-corrected chi connectivity index (χ2v) is 5.65. The van der Waals surface area contributed by atoms with Crippen LogP contribution in [0.5, 0.6) is 0 Å². The predicted octanol–water partition coefficient (Wildman–Crippen LogP) is 4.03. The Kier molecular flexibility index (Phi) is 10.4. The highest BCUT2D eigenvalue weighted by Gasteiger charge is 2.24. The van der Waals surface area contributed by atoms with Crippen molar-refractivity contribution in [3.63, 3.8) is 0 Å². The lowest BCUT2D eigenvalue weighted by Gasteiger charge is -2.10. The van der Waals surface area contributed by atoms with Crippen LogP contribution in [0, 0.1) is 0 Å². The van der Waals surface area contributed by atoms with Crippen LogP contribution in [0.4, 0.5) is 0 Å². The van der Waals surface area contributed by atoms with Gasteiger partial charge in [0, 0.05) is 6.61 Å². The third-order valence-electron chi connectivity index (χ3n) is 3.81. The van der Waals surface area contributed by atoms with E-state index in [1.807, 2.05) is 0 Å². The highest BCUT2D eigenvalue weighted by molar-refractivity contribution is 4.65. The van der Waals surface area contributed by atoms with E-state index in [4.69, 9.17) is 14.6 Å². The van der Waals surface area contributed by atoms with Crippen molar-refractivity contribution in [1.29, 1.82) is 0 Å². The molecule has 0 bridgehead atoms. The van der Waals surface area contributed by atoms with E-state index in [2.05, 4.69) is 6.92 Å². The lowest BCUT2D eigenvalue weighted by atomic mass is 10.1. The summed E-state index contributed by atoms with van der Waals surface area (Å²) in [4.78, 5) is 0. The minimum Gasteiger partial charge on any atom is -0.396 e. The lowest BCUT2D eigenvalue weighted by Crippen LogP contribution is -2.13. The predicted molar refractivity (Wildman–Crippen MR) is 78.2 cm³/mol. The van der Waals surface area contributed by atoms with Crippen molar-refractivity contribution in [1.82, 2.24) is 0 Å². The normalized spacial score (nSPS) is 23.1. The molecule has 3 nitrogen and oxygen atoms in total. The zero-order valence-corrected chi connectivity index (χ0v) is 12.6. The molecule has 1 aliphatic heterocycles. The Morgan fingerprint density at radius 1 is 0.895 bits per heavy atom. The molecule has 1 fully saturated rings. The summed E-state index contributed by atoms with van der Waals surface area (Å²) in [6, 6.07) is 0. The summed E-state index contributed by atoms with van der Waals surface area (Å²) in [5.74, 6) is 0. The molecular formula is C16H32O3. The van der Waals surface area contributed by atoms with E-state index < -0.39 is 0 Å². The van der Waals surface area contributed by atoms with Crippen molar-refractivity contribution < 1.29 is 14.6 Å². The maximum Gasteiger partial charge on any atom is 0.158 e. The third-order valence-corrected chi connectivity index (χ3v) is 3.81. The van der Waals surface area contributed by atoms with Crippen LogP contribution in [0.2, 0.25) is 0 Å². The first-order valence-corrected chi connectivity index (χ1v) is 8.24. The van der Waals surface area contributed by atoms with Gasteiger partial charge in [-0.1, -0.05) is 58.3 Å². The molecule has 0 aromatic carbocycles. The first-order valence-electron chi connectivity index (χ1n) is 8.24. The van der Waals surface area contributed by atoms with Crippen LogP contribution in [0.25, 0.3) is 0 Å². The first kappa shape index (κ1) is 16.9. The van der Waals surface area contributed by atoms with Gasteiger partial charge < -0.3 is 14.6 Å². The molecule has 0 amide bonds.